The van der Waals surface area contributed by atoms with Crippen molar-refractivity contribution in [2.45, 2.75) is 5.22 Å². The molecule has 3 rings (SSSR count). The molecule has 1 N–H and O–H groups in total. The van der Waals surface area contributed by atoms with Crippen molar-refractivity contribution in [1.29, 1.82) is 5.26 Å². The van der Waals surface area contributed by atoms with E-state index in [4.69, 9.17) is 26.0 Å². The zero-order valence-electron chi connectivity index (χ0n) is 13.8. The van der Waals surface area contributed by atoms with E-state index < -0.39 is 18.5 Å². The first-order valence-electron chi connectivity index (χ1n) is 7.68. The maximum atomic E-state index is 11.8. The van der Waals surface area contributed by atoms with Crippen LogP contribution < -0.4 is 5.32 Å². The monoisotopic (exact) mass is 401 g/mol. The van der Waals surface area contributed by atoms with Crippen LogP contribution in [0, 0.1) is 11.3 Å². The number of fused-ring (bicyclic) bond motifs is 1. The van der Waals surface area contributed by atoms with Gasteiger partial charge in [0.25, 0.3) is 11.1 Å². The molecule has 2 aromatic carbocycles. The van der Waals surface area contributed by atoms with Gasteiger partial charge in [-0.05, 0) is 30.3 Å². The van der Waals surface area contributed by atoms with Crippen molar-refractivity contribution in [2.24, 2.45) is 0 Å². The van der Waals surface area contributed by atoms with Gasteiger partial charge in [-0.1, -0.05) is 35.5 Å². The van der Waals surface area contributed by atoms with Crippen LogP contribution in [0.4, 0.5) is 5.69 Å². The van der Waals surface area contributed by atoms with Crippen molar-refractivity contribution in [3.8, 4) is 6.07 Å². The lowest BCUT2D eigenvalue weighted by atomic mass is 10.2. The van der Waals surface area contributed by atoms with E-state index in [0.717, 1.165) is 11.8 Å². The molecule has 0 unspecified atom stereocenters. The van der Waals surface area contributed by atoms with E-state index in [9.17, 15) is 9.59 Å². The number of benzene rings is 2. The molecule has 136 valence electrons. The first-order valence-corrected chi connectivity index (χ1v) is 9.05. The van der Waals surface area contributed by atoms with Gasteiger partial charge >= 0.3 is 5.97 Å². The Kier molecular flexibility index (Phi) is 5.96. The van der Waals surface area contributed by atoms with Crippen molar-refractivity contribution >= 4 is 52.0 Å². The molecule has 0 saturated carbocycles. The highest BCUT2D eigenvalue weighted by atomic mass is 35.5. The zero-order chi connectivity index (χ0) is 19.2. The van der Waals surface area contributed by atoms with E-state index in [1.54, 1.807) is 12.1 Å². The number of nitriles is 1. The van der Waals surface area contributed by atoms with Gasteiger partial charge in [-0.2, -0.15) is 5.26 Å². The van der Waals surface area contributed by atoms with Crippen LogP contribution in [-0.4, -0.2) is 29.2 Å². The second-order valence-corrected chi connectivity index (χ2v) is 6.59. The van der Waals surface area contributed by atoms with Crippen LogP contribution in [0.2, 0.25) is 5.02 Å². The van der Waals surface area contributed by atoms with E-state index in [1.165, 1.54) is 18.2 Å². The van der Waals surface area contributed by atoms with Crippen molar-refractivity contribution in [2.75, 3.05) is 17.7 Å². The molecule has 0 saturated heterocycles. The fraction of sp³-hybridized carbons (Fsp3) is 0.111. The Morgan fingerprint density at radius 2 is 2.11 bits per heavy atom. The largest absolute Gasteiger partial charge is 0.455 e. The van der Waals surface area contributed by atoms with E-state index in [1.807, 2.05) is 18.2 Å². The molecule has 0 aliphatic heterocycles. The number of esters is 1. The van der Waals surface area contributed by atoms with Crippen molar-refractivity contribution < 1.29 is 18.7 Å². The number of carbonyl (C=O) groups excluding carboxylic acids is 2. The van der Waals surface area contributed by atoms with Gasteiger partial charge in [-0.25, -0.2) is 4.98 Å². The molecule has 7 nitrogen and oxygen atoms in total. The number of halogens is 1. The SMILES string of the molecule is N#Cc1ccc(NC(=O)COC(=O)CSc2nc3ccccc3o2)cc1Cl. The minimum atomic E-state index is -0.574. The molecule has 1 heterocycles. The number of aromatic nitrogens is 1. The van der Waals surface area contributed by atoms with Gasteiger partial charge in [0.05, 0.1) is 10.6 Å². The maximum absolute atomic E-state index is 11.8. The molecule has 0 aliphatic rings. The number of anilines is 1. The average Bonchev–Trinajstić information content (AvgIpc) is 3.08. The Balaban J connectivity index is 1.45. The summed E-state index contributed by atoms with van der Waals surface area (Å²) in [7, 11) is 0. The lowest BCUT2D eigenvalue weighted by Crippen LogP contribution is -2.21. The third kappa shape index (κ3) is 5.00. The van der Waals surface area contributed by atoms with Gasteiger partial charge < -0.3 is 14.5 Å². The van der Waals surface area contributed by atoms with Crippen LogP contribution in [0.3, 0.4) is 0 Å². The van der Waals surface area contributed by atoms with E-state index >= 15 is 0 Å². The maximum Gasteiger partial charge on any atom is 0.316 e. The second kappa shape index (κ2) is 8.58. The van der Waals surface area contributed by atoms with Crippen LogP contribution in [0.5, 0.6) is 0 Å². The Morgan fingerprint density at radius 1 is 1.30 bits per heavy atom. The van der Waals surface area contributed by atoms with Gasteiger partial charge in [0, 0.05) is 5.69 Å². The predicted molar refractivity (Wildman–Crippen MR) is 100 cm³/mol. The summed E-state index contributed by atoms with van der Waals surface area (Å²) in [6.07, 6.45) is 0. The number of rotatable bonds is 6. The van der Waals surface area contributed by atoms with Gasteiger partial charge in [-0.3, -0.25) is 9.59 Å². The number of ether oxygens (including phenoxy) is 1. The topological polar surface area (TPSA) is 105 Å². The number of nitrogens with zero attached hydrogens (tertiary/aromatic N) is 2. The summed E-state index contributed by atoms with van der Waals surface area (Å²) in [5.74, 6) is -1.13. The van der Waals surface area contributed by atoms with Crippen LogP contribution >= 0.6 is 23.4 Å². The second-order valence-electron chi connectivity index (χ2n) is 5.25. The van der Waals surface area contributed by atoms with E-state index in [0.29, 0.717) is 27.6 Å². The molecule has 0 radical (unpaired) electrons. The highest BCUT2D eigenvalue weighted by molar-refractivity contribution is 7.99. The minimum Gasteiger partial charge on any atom is -0.455 e. The molecule has 0 aliphatic carbocycles. The fourth-order valence-corrected chi connectivity index (χ4v) is 2.96. The molecular formula is C18H12ClN3O4S. The molecule has 0 spiro atoms. The Bertz CT molecular complexity index is 1010. The van der Waals surface area contributed by atoms with Gasteiger partial charge in [0.2, 0.25) is 0 Å². The average molecular weight is 402 g/mol. The molecule has 0 atom stereocenters. The predicted octanol–water partition coefficient (Wildman–Crippen LogP) is 3.63. The number of carbonyl (C=O) groups is 2. The number of hydrogen-bond donors (Lipinski definition) is 1. The van der Waals surface area contributed by atoms with Crippen LogP contribution in [-0.2, 0) is 14.3 Å². The molecule has 0 fully saturated rings. The van der Waals surface area contributed by atoms with E-state index in [2.05, 4.69) is 10.3 Å². The molecular weight excluding hydrogens is 390 g/mol. The summed E-state index contributed by atoms with van der Waals surface area (Å²) in [4.78, 5) is 27.8. The molecule has 9 heteroatoms. The quantitative estimate of drug-likeness (QED) is 0.496. The molecule has 3 aromatic rings. The molecule has 0 bridgehead atoms. The Hall–Kier alpha value is -3.02. The van der Waals surface area contributed by atoms with Gasteiger partial charge in [0.15, 0.2) is 12.2 Å². The highest BCUT2D eigenvalue weighted by Gasteiger charge is 2.12. The number of para-hydroxylation sites is 2. The molecule has 27 heavy (non-hydrogen) atoms. The number of nitrogens with one attached hydrogen (secondary N) is 1. The first-order chi connectivity index (χ1) is 13.0. The number of oxazole rings is 1. The number of thioether (sulfide) groups is 1. The minimum absolute atomic E-state index is 0.0389. The van der Waals surface area contributed by atoms with Crippen molar-refractivity contribution in [3.05, 3.63) is 53.1 Å². The van der Waals surface area contributed by atoms with Crippen molar-refractivity contribution in [3.63, 3.8) is 0 Å². The van der Waals surface area contributed by atoms with Crippen LogP contribution in [0.1, 0.15) is 5.56 Å². The lowest BCUT2D eigenvalue weighted by Gasteiger charge is -2.07. The Morgan fingerprint density at radius 3 is 2.85 bits per heavy atom. The molecule has 1 aromatic heterocycles. The summed E-state index contributed by atoms with van der Waals surface area (Å²) in [5, 5.41) is 11.9. The zero-order valence-corrected chi connectivity index (χ0v) is 15.3. The van der Waals surface area contributed by atoms with Gasteiger partial charge in [0.1, 0.15) is 17.3 Å². The normalized spacial score (nSPS) is 10.4. The number of hydrogen-bond acceptors (Lipinski definition) is 7. The number of amides is 1. The summed E-state index contributed by atoms with van der Waals surface area (Å²) < 4.78 is 10.4. The van der Waals surface area contributed by atoms with Crippen molar-refractivity contribution in [1.82, 2.24) is 4.98 Å². The third-order valence-corrected chi connectivity index (χ3v) is 4.44. The third-order valence-electron chi connectivity index (χ3n) is 3.33. The summed E-state index contributed by atoms with van der Waals surface area (Å²) in [6, 6.07) is 13.7. The van der Waals surface area contributed by atoms with E-state index in [-0.39, 0.29) is 10.8 Å². The smallest absolute Gasteiger partial charge is 0.316 e. The lowest BCUT2D eigenvalue weighted by molar-refractivity contribution is -0.144. The summed E-state index contributed by atoms with van der Waals surface area (Å²) in [5.41, 5.74) is 2.04. The summed E-state index contributed by atoms with van der Waals surface area (Å²) in [6.45, 7) is -0.440. The fourth-order valence-electron chi connectivity index (χ4n) is 2.10. The first kappa shape index (κ1) is 18.8. The summed E-state index contributed by atoms with van der Waals surface area (Å²) >= 11 is 6.98. The van der Waals surface area contributed by atoms with Crippen LogP contribution in [0.25, 0.3) is 11.1 Å². The molecule has 1 amide bonds. The van der Waals surface area contributed by atoms with Gasteiger partial charge in [-0.15, -0.1) is 0 Å². The highest BCUT2D eigenvalue weighted by Crippen LogP contribution is 2.23. The Labute approximate surface area is 163 Å². The van der Waals surface area contributed by atoms with Crippen LogP contribution in [0.15, 0.2) is 52.1 Å². The standard InChI is InChI=1S/C18H12ClN3O4S/c19-13-7-12(6-5-11(13)8-20)21-16(23)9-25-17(24)10-27-18-22-14-3-1-2-4-15(14)26-18/h1-7H,9-10H2,(H,21,23).